The third kappa shape index (κ3) is 1.87. The molecule has 0 bridgehead atoms. The van der Waals surface area contributed by atoms with Crippen molar-refractivity contribution in [2.24, 2.45) is 0 Å². The summed E-state index contributed by atoms with van der Waals surface area (Å²) in [6, 6.07) is 20.2. The highest BCUT2D eigenvalue weighted by atomic mass is 32.1. The fourth-order valence-corrected chi connectivity index (χ4v) is 3.06. The third-order valence-electron chi connectivity index (χ3n) is 3.31. The molecular formula is C17H12O2S. The van der Waals surface area contributed by atoms with Crippen LogP contribution in [-0.4, -0.2) is 0 Å². The molecule has 0 spiro atoms. The highest BCUT2D eigenvalue weighted by molar-refractivity contribution is 7.10. The van der Waals surface area contributed by atoms with Gasteiger partial charge in [-0.25, -0.2) is 0 Å². The first-order chi connectivity index (χ1) is 9.92. The number of fused-ring (bicyclic) bond motifs is 3. The molecule has 0 unspecified atom stereocenters. The Hall–Kier alpha value is -2.26. The van der Waals surface area contributed by atoms with Crippen molar-refractivity contribution in [1.29, 1.82) is 0 Å². The van der Waals surface area contributed by atoms with Gasteiger partial charge in [0.2, 0.25) is 0 Å². The van der Waals surface area contributed by atoms with E-state index in [-0.39, 0.29) is 6.29 Å². The Morgan fingerprint density at radius 1 is 0.700 bits per heavy atom. The number of ether oxygens (including phenoxy) is 2. The topological polar surface area (TPSA) is 18.5 Å². The Morgan fingerprint density at radius 2 is 1.30 bits per heavy atom. The van der Waals surface area contributed by atoms with Crippen molar-refractivity contribution in [3.8, 4) is 22.6 Å². The molecular weight excluding hydrogens is 268 g/mol. The molecule has 0 aliphatic carbocycles. The summed E-state index contributed by atoms with van der Waals surface area (Å²) in [5.41, 5.74) is 2.14. The fraction of sp³-hybridized carbons (Fsp3) is 0.0588. The normalized spacial score (nSPS) is 13.6. The van der Waals surface area contributed by atoms with Gasteiger partial charge in [-0.15, -0.1) is 11.3 Å². The first kappa shape index (κ1) is 11.6. The molecule has 0 N–H and O–H groups in total. The van der Waals surface area contributed by atoms with Gasteiger partial charge in [0.25, 0.3) is 6.29 Å². The second-order valence-electron chi connectivity index (χ2n) is 4.58. The average Bonchev–Trinajstić information content (AvgIpc) is 2.97. The summed E-state index contributed by atoms with van der Waals surface area (Å²) in [6.07, 6.45) is -0.389. The van der Waals surface area contributed by atoms with Crippen LogP contribution >= 0.6 is 11.3 Å². The zero-order valence-electron chi connectivity index (χ0n) is 10.7. The molecule has 1 aliphatic heterocycles. The zero-order chi connectivity index (χ0) is 13.4. The van der Waals surface area contributed by atoms with Crippen molar-refractivity contribution >= 4 is 11.3 Å². The van der Waals surface area contributed by atoms with Crippen LogP contribution in [0.3, 0.4) is 0 Å². The number of thiophene rings is 1. The minimum Gasteiger partial charge on any atom is -0.449 e. The van der Waals surface area contributed by atoms with Crippen LogP contribution in [0.25, 0.3) is 11.1 Å². The SMILES string of the molecule is c1csc(C2Oc3ccccc3-c3ccccc3O2)c1. The number of hydrogen-bond donors (Lipinski definition) is 0. The van der Waals surface area contributed by atoms with E-state index in [2.05, 4.69) is 12.1 Å². The van der Waals surface area contributed by atoms with E-state index in [1.54, 1.807) is 11.3 Å². The van der Waals surface area contributed by atoms with Crippen LogP contribution in [0.4, 0.5) is 0 Å². The van der Waals surface area contributed by atoms with E-state index >= 15 is 0 Å². The summed E-state index contributed by atoms with van der Waals surface area (Å²) >= 11 is 1.64. The fourth-order valence-electron chi connectivity index (χ4n) is 2.38. The van der Waals surface area contributed by atoms with Crippen LogP contribution in [0.2, 0.25) is 0 Å². The van der Waals surface area contributed by atoms with Gasteiger partial charge in [0, 0.05) is 11.1 Å². The summed E-state index contributed by atoms with van der Waals surface area (Å²) in [5, 5.41) is 2.03. The van der Waals surface area contributed by atoms with Gasteiger partial charge in [0.15, 0.2) is 0 Å². The lowest BCUT2D eigenvalue weighted by molar-refractivity contribution is 0.0107. The summed E-state index contributed by atoms with van der Waals surface area (Å²) in [6.45, 7) is 0. The summed E-state index contributed by atoms with van der Waals surface area (Å²) in [5.74, 6) is 1.71. The smallest absolute Gasteiger partial charge is 0.276 e. The number of para-hydroxylation sites is 2. The lowest BCUT2D eigenvalue weighted by Crippen LogP contribution is -2.12. The lowest BCUT2D eigenvalue weighted by Gasteiger charge is -2.17. The van der Waals surface area contributed by atoms with Crippen LogP contribution in [0, 0.1) is 0 Å². The number of rotatable bonds is 1. The van der Waals surface area contributed by atoms with Gasteiger partial charge in [-0.05, 0) is 23.6 Å². The monoisotopic (exact) mass is 280 g/mol. The highest BCUT2D eigenvalue weighted by Crippen LogP contribution is 2.43. The second kappa shape index (κ2) is 4.69. The molecule has 2 aromatic carbocycles. The maximum Gasteiger partial charge on any atom is 0.276 e. The molecule has 1 aromatic heterocycles. The maximum absolute atomic E-state index is 6.07. The van der Waals surface area contributed by atoms with E-state index in [0.29, 0.717) is 0 Å². The number of benzene rings is 2. The van der Waals surface area contributed by atoms with Crippen molar-refractivity contribution in [2.75, 3.05) is 0 Å². The maximum atomic E-state index is 6.07. The van der Waals surface area contributed by atoms with Crippen molar-refractivity contribution in [3.05, 3.63) is 70.9 Å². The molecule has 20 heavy (non-hydrogen) atoms. The Labute approximate surface area is 121 Å². The van der Waals surface area contributed by atoms with E-state index in [4.69, 9.17) is 9.47 Å². The van der Waals surface area contributed by atoms with Gasteiger partial charge in [0.05, 0.1) is 4.88 Å². The lowest BCUT2D eigenvalue weighted by atomic mass is 10.0. The van der Waals surface area contributed by atoms with Gasteiger partial charge in [-0.1, -0.05) is 42.5 Å². The first-order valence-corrected chi connectivity index (χ1v) is 7.35. The minimum atomic E-state index is -0.389. The Balaban J connectivity index is 1.90. The molecule has 1 aliphatic rings. The molecule has 0 saturated carbocycles. The van der Waals surface area contributed by atoms with Crippen LogP contribution in [0.1, 0.15) is 11.2 Å². The van der Waals surface area contributed by atoms with E-state index in [0.717, 1.165) is 27.5 Å². The zero-order valence-corrected chi connectivity index (χ0v) is 11.5. The molecule has 3 heteroatoms. The van der Waals surface area contributed by atoms with Gasteiger partial charge < -0.3 is 9.47 Å². The van der Waals surface area contributed by atoms with Gasteiger partial charge in [-0.2, -0.15) is 0 Å². The van der Waals surface area contributed by atoms with Crippen molar-refractivity contribution in [3.63, 3.8) is 0 Å². The van der Waals surface area contributed by atoms with Crippen molar-refractivity contribution in [1.82, 2.24) is 0 Å². The molecule has 2 heterocycles. The predicted octanol–water partition coefficient (Wildman–Crippen LogP) is 4.89. The quantitative estimate of drug-likeness (QED) is 0.632. The average molecular weight is 280 g/mol. The van der Waals surface area contributed by atoms with Crippen LogP contribution in [0.5, 0.6) is 11.5 Å². The van der Waals surface area contributed by atoms with E-state index < -0.39 is 0 Å². The Kier molecular flexibility index (Phi) is 2.71. The molecule has 0 amide bonds. The first-order valence-electron chi connectivity index (χ1n) is 6.47. The van der Waals surface area contributed by atoms with Crippen molar-refractivity contribution in [2.45, 2.75) is 6.29 Å². The standard InChI is InChI=1S/C17H12O2S/c1-3-8-14-12(6-1)13-7-2-4-9-15(13)19-17(18-14)16-10-5-11-20-16/h1-11,17H. The van der Waals surface area contributed by atoms with E-state index in [1.807, 2.05) is 53.9 Å². The summed E-state index contributed by atoms with van der Waals surface area (Å²) in [7, 11) is 0. The summed E-state index contributed by atoms with van der Waals surface area (Å²) < 4.78 is 12.1. The Morgan fingerprint density at radius 3 is 1.85 bits per heavy atom. The molecule has 0 saturated heterocycles. The number of hydrogen-bond acceptors (Lipinski definition) is 3. The van der Waals surface area contributed by atoms with Crippen LogP contribution in [-0.2, 0) is 0 Å². The second-order valence-corrected chi connectivity index (χ2v) is 5.55. The van der Waals surface area contributed by atoms with Gasteiger partial charge >= 0.3 is 0 Å². The van der Waals surface area contributed by atoms with Crippen LogP contribution in [0.15, 0.2) is 66.0 Å². The highest BCUT2D eigenvalue weighted by Gasteiger charge is 2.24. The third-order valence-corrected chi connectivity index (χ3v) is 4.20. The Bertz CT molecular complexity index is 687. The van der Waals surface area contributed by atoms with Crippen LogP contribution < -0.4 is 9.47 Å². The van der Waals surface area contributed by atoms with Crippen molar-refractivity contribution < 1.29 is 9.47 Å². The summed E-state index contributed by atoms with van der Waals surface area (Å²) in [4.78, 5) is 1.07. The largest absolute Gasteiger partial charge is 0.449 e. The molecule has 0 atom stereocenters. The molecule has 4 rings (SSSR count). The van der Waals surface area contributed by atoms with E-state index in [1.165, 1.54) is 0 Å². The minimum absolute atomic E-state index is 0.389. The van der Waals surface area contributed by atoms with E-state index in [9.17, 15) is 0 Å². The molecule has 3 aromatic rings. The van der Waals surface area contributed by atoms with Gasteiger partial charge in [-0.3, -0.25) is 0 Å². The molecule has 0 fully saturated rings. The molecule has 98 valence electrons. The van der Waals surface area contributed by atoms with Gasteiger partial charge in [0.1, 0.15) is 11.5 Å². The predicted molar refractivity (Wildman–Crippen MR) is 80.2 cm³/mol. The molecule has 2 nitrogen and oxygen atoms in total. The molecule has 0 radical (unpaired) electrons.